The van der Waals surface area contributed by atoms with Crippen molar-refractivity contribution in [3.63, 3.8) is 0 Å². The van der Waals surface area contributed by atoms with Crippen molar-refractivity contribution in [2.24, 2.45) is 11.7 Å². The number of nitrogens with one attached hydrogen (secondary N) is 1. The average molecular weight is 213 g/mol. The van der Waals surface area contributed by atoms with Gasteiger partial charge >= 0.3 is 0 Å². The Bertz CT molecular complexity index is 200. The minimum atomic E-state index is -0.0174. The van der Waals surface area contributed by atoms with Gasteiger partial charge in [-0.25, -0.2) is 0 Å². The van der Waals surface area contributed by atoms with Gasteiger partial charge in [0.2, 0.25) is 5.91 Å². The molecule has 3 N–H and O–H groups in total. The zero-order valence-corrected chi connectivity index (χ0v) is 9.83. The van der Waals surface area contributed by atoms with E-state index in [0.717, 1.165) is 25.6 Å². The number of rotatable bonds is 7. The Labute approximate surface area is 92.2 Å². The van der Waals surface area contributed by atoms with Gasteiger partial charge in [0.15, 0.2) is 0 Å². The highest BCUT2D eigenvalue weighted by Crippen LogP contribution is 2.24. The van der Waals surface area contributed by atoms with Crippen LogP contribution >= 0.6 is 0 Å². The summed E-state index contributed by atoms with van der Waals surface area (Å²) in [6, 6.07) is 0.762. The van der Waals surface area contributed by atoms with E-state index in [2.05, 4.69) is 17.3 Å². The van der Waals surface area contributed by atoms with Gasteiger partial charge in [-0.05, 0) is 26.3 Å². The van der Waals surface area contributed by atoms with Crippen molar-refractivity contribution in [1.29, 1.82) is 0 Å². The van der Waals surface area contributed by atoms with Crippen molar-refractivity contribution in [3.8, 4) is 0 Å². The summed E-state index contributed by atoms with van der Waals surface area (Å²) in [6.07, 6.45) is 3.44. The highest BCUT2D eigenvalue weighted by Gasteiger charge is 2.25. The smallest absolute Gasteiger partial charge is 0.224 e. The number of hydrogen-bond acceptors (Lipinski definition) is 3. The lowest BCUT2D eigenvalue weighted by atomic mass is 10.1. The second-order valence-corrected chi connectivity index (χ2v) is 4.34. The lowest BCUT2D eigenvalue weighted by Crippen LogP contribution is -2.39. The molecule has 88 valence electrons. The standard InChI is InChI=1S/C11H23N3O/c1-3-9(8-12)11(15)13-6-7-14(2)10-4-5-10/h9-10H,3-8,12H2,1-2H3,(H,13,15). The van der Waals surface area contributed by atoms with Crippen molar-refractivity contribution in [3.05, 3.63) is 0 Å². The van der Waals surface area contributed by atoms with Crippen LogP contribution in [-0.2, 0) is 4.79 Å². The molecule has 1 aliphatic carbocycles. The maximum Gasteiger partial charge on any atom is 0.224 e. The molecule has 0 saturated heterocycles. The monoisotopic (exact) mass is 213 g/mol. The number of carbonyl (C=O) groups is 1. The number of nitrogens with zero attached hydrogens (tertiary/aromatic N) is 1. The molecule has 0 spiro atoms. The molecule has 1 fully saturated rings. The van der Waals surface area contributed by atoms with Gasteiger partial charge in [0.25, 0.3) is 0 Å². The van der Waals surface area contributed by atoms with Crippen LogP contribution in [0.4, 0.5) is 0 Å². The van der Waals surface area contributed by atoms with Crippen LogP contribution < -0.4 is 11.1 Å². The molecule has 1 aliphatic rings. The molecule has 1 unspecified atom stereocenters. The molecule has 0 aliphatic heterocycles. The van der Waals surface area contributed by atoms with Gasteiger partial charge in [0.1, 0.15) is 0 Å². The van der Waals surface area contributed by atoms with Crippen LogP contribution in [0.2, 0.25) is 0 Å². The minimum Gasteiger partial charge on any atom is -0.355 e. The molecule has 0 heterocycles. The second kappa shape index (κ2) is 6.08. The van der Waals surface area contributed by atoms with Gasteiger partial charge < -0.3 is 16.0 Å². The summed E-state index contributed by atoms with van der Waals surface area (Å²) in [5, 5.41) is 2.94. The number of carbonyl (C=O) groups excluding carboxylic acids is 1. The molecule has 0 aromatic carbocycles. The first-order valence-electron chi connectivity index (χ1n) is 5.87. The molecule has 4 heteroatoms. The molecule has 1 saturated carbocycles. The van der Waals surface area contributed by atoms with E-state index in [-0.39, 0.29) is 11.8 Å². The van der Waals surface area contributed by atoms with Crippen LogP contribution in [0.1, 0.15) is 26.2 Å². The van der Waals surface area contributed by atoms with Gasteiger partial charge in [-0.2, -0.15) is 0 Å². The molecule has 0 bridgehead atoms. The van der Waals surface area contributed by atoms with E-state index in [1.54, 1.807) is 0 Å². The molecule has 0 aromatic rings. The Hall–Kier alpha value is -0.610. The van der Waals surface area contributed by atoms with Crippen molar-refractivity contribution < 1.29 is 4.79 Å². The molecule has 4 nitrogen and oxygen atoms in total. The third-order valence-electron chi connectivity index (χ3n) is 3.08. The van der Waals surface area contributed by atoms with Crippen LogP contribution in [0, 0.1) is 5.92 Å². The number of nitrogens with two attached hydrogens (primary N) is 1. The third kappa shape index (κ3) is 4.18. The molecular weight excluding hydrogens is 190 g/mol. The summed E-state index contributed by atoms with van der Waals surface area (Å²) >= 11 is 0. The maximum atomic E-state index is 11.6. The molecule has 15 heavy (non-hydrogen) atoms. The molecule has 1 atom stereocenters. The maximum absolute atomic E-state index is 11.6. The fourth-order valence-electron chi connectivity index (χ4n) is 1.66. The van der Waals surface area contributed by atoms with Crippen LogP contribution in [0.3, 0.4) is 0 Å². The first kappa shape index (κ1) is 12.5. The Kier molecular flexibility index (Phi) is 5.05. The third-order valence-corrected chi connectivity index (χ3v) is 3.08. The average Bonchev–Trinajstić information content (AvgIpc) is 3.02. The Morgan fingerprint density at radius 2 is 2.27 bits per heavy atom. The summed E-state index contributed by atoms with van der Waals surface area (Å²) in [5.41, 5.74) is 5.50. The van der Waals surface area contributed by atoms with E-state index in [1.165, 1.54) is 12.8 Å². The first-order chi connectivity index (χ1) is 7.19. The zero-order valence-electron chi connectivity index (χ0n) is 9.83. The second-order valence-electron chi connectivity index (χ2n) is 4.34. The molecular formula is C11H23N3O. The highest BCUT2D eigenvalue weighted by molar-refractivity contribution is 5.78. The van der Waals surface area contributed by atoms with Crippen molar-refractivity contribution in [2.75, 3.05) is 26.7 Å². The number of hydrogen-bond donors (Lipinski definition) is 2. The van der Waals surface area contributed by atoms with E-state index < -0.39 is 0 Å². The number of amides is 1. The molecule has 1 amide bonds. The van der Waals surface area contributed by atoms with Gasteiger partial charge in [0, 0.05) is 31.6 Å². The van der Waals surface area contributed by atoms with E-state index in [4.69, 9.17) is 5.73 Å². The Balaban J connectivity index is 2.10. The lowest BCUT2D eigenvalue weighted by Gasteiger charge is -2.17. The largest absolute Gasteiger partial charge is 0.355 e. The first-order valence-corrected chi connectivity index (χ1v) is 5.87. The normalized spacial score (nSPS) is 17.9. The predicted molar refractivity (Wildman–Crippen MR) is 61.5 cm³/mol. The van der Waals surface area contributed by atoms with E-state index in [0.29, 0.717) is 6.54 Å². The summed E-state index contributed by atoms with van der Waals surface area (Å²) in [4.78, 5) is 13.9. The minimum absolute atomic E-state index is 0.0174. The summed E-state index contributed by atoms with van der Waals surface area (Å²) < 4.78 is 0. The fraction of sp³-hybridized carbons (Fsp3) is 0.909. The highest BCUT2D eigenvalue weighted by atomic mass is 16.1. The van der Waals surface area contributed by atoms with Crippen molar-refractivity contribution >= 4 is 5.91 Å². The van der Waals surface area contributed by atoms with Crippen LogP contribution in [0.5, 0.6) is 0 Å². The Morgan fingerprint density at radius 1 is 1.60 bits per heavy atom. The van der Waals surface area contributed by atoms with E-state index in [1.807, 2.05) is 6.92 Å². The van der Waals surface area contributed by atoms with Crippen LogP contribution in [0.15, 0.2) is 0 Å². The lowest BCUT2D eigenvalue weighted by molar-refractivity contribution is -0.124. The molecule has 0 radical (unpaired) electrons. The topological polar surface area (TPSA) is 58.4 Å². The van der Waals surface area contributed by atoms with E-state index >= 15 is 0 Å². The van der Waals surface area contributed by atoms with Crippen molar-refractivity contribution in [2.45, 2.75) is 32.2 Å². The fourth-order valence-corrected chi connectivity index (χ4v) is 1.66. The summed E-state index contributed by atoms with van der Waals surface area (Å²) in [5.74, 6) is 0.0837. The summed E-state index contributed by atoms with van der Waals surface area (Å²) in [7, 11) is 2.12. The van der Waals surface area contributed by atoms with Gasteiger partial charge in [-0.15, -0.1) is 0 Å². The molecule has 1 rings (SSSR count). The quantitative estimate of drug-likeness (QED) is 0.634. The summed E-state index contributed by atoms with van der Waals surface area (Å²) in [6.45, 7) is 4.12. The van der Waals surface area contributed by atoms with Gasteiger partial charge in [-0.3, -0.25) is 4.79 Å². The zero-order chi connectivity index (χ0) is 11.3. The van der Waals surface area contributed by atoms with Crippen LogP contribution in [-0.4, -0.2) is 43.5 Å². The molecule has 0 aromatic heterocycles. The van der Waals surface area contributed by atoms with E-state index in [9.17, 15) is 4.79 Å². The Morgan fingerprint density at radius 3 is 2.73 bits per heavy atom. The SMILES string of the molecule is CCC(CN)C(=O)NCCN(C)C1CC1. The van der Waals surface area contributed by atoms with Crippen molar-refractivity contribution in [1.82, 2.24) is 10.2 Å². The number of likely N-dealkylation sites (N-methyl/N-ethyl adjacent to an activating group) is 1. The van der Waals surface area contributed by atoms with Gasteiger partial charge in [0.05, 0.1) is 0 Å². The van der Waals surface area contributed by atoms with Crippen LogP contribution in [0.25, 0.3) is 0 Å². The predicted octanol–water partition coefficient (Wildman–Crippen LogP) is 0.182. The van der Waals surface area contributed by atoms with Gasteiger partial charge in [-0.1, -0.05) is 6.92 Å².